The minimum atomic E-state index is -0.582. The van der Waals surface area contributed by atoms with Crippen LogP contribution in [0, 0.1) is 0 Å². The molecule has 1 N–H and O–H groups in total. The van der Waals surface area contributed by atoms with E-state index >= 15 is 0 Å². The monoisotopic (exact) mass is 332 g/mol. The minimum absolute atomic E-state index is 0.0788. The Bertz CT molecular complexity index is 655. The van der Waals surface area contributed by atoms with E-state index in [0.717, 1.165) is 23.4 Å². The number of carbonyl (C=O) groups excluding carboxylic acids is 2. The molecular weight excluding hydrogens is 312 g/mol. The number of thiazole rings is 1. The normalized spacial score (nSPS) is 11.7. The standard InChI is InChI=1S/C17H20N2O3S/c1-3-7-12(2)18-15(20)10-22-17(21)14-11-23-16(19-14)13-8-5-4-6-9-13/h4-6,8-9,11-12H,3,7,10H2,1-2H3,(H,18,20). The molecule has 1 heterocycles. The molecule has 2 rings (SSSR count). The van der Waals surface area contributed by atoms with E-state index < -0.39 is 5.97 Å². The van der Waals surface area contributed by atoms with Crippen molar-refractivity contribution in [1.82, 2.24) is 10.3 Å². The number of amides is 1. The van der Waals surface area contributed by atoms with Crippen LogP contribution in [0.1, 0.15) is 37.2 Å². The summed E-state index contributed by atoms with van der Waals surface area (Å²) in [6.45, 7) is 3.69. The first-order valence-corrected chi connectivity index (χ1v) is 8.45. The van der Waals surface area contributed by atoms with Gasteiger partial charge in [0.05, 0.1) is 0 Å². The van der Waals surface area contributed by atoms with Gasteiger partial charge in [0.1, 0.15) is 5.01 Å². The number of aromatic nitrogens is 1. The highest BCUT2D eigenvalue weighted by Crippen LogP contribution is 2.23. The number of nitrogens with one attached hydrogen (secondary N) is 1. The fourth-order valence-electron chi connectivity index (χ4n) is 2.11. The molecule has 0 aliphatic carbocycles. The van der Waals surface area contributed by atoms with Gasteiger partial charge in [0, 0.05) is 17.0 Å². The first-order chi connectivity index (χ1) is 11.1. The molecule has 2 aromatic rings. The molecule has 1 aromatic carbocycles. The SMILES string of the molecule is CCCC(C)NC(=O)COC(=O)c1csc(-c2ccccc2)n1. The molecule has 0 aliphatic rings. The summed E-state index contributed by atoms with van der Waals surface area (Å²) in [6, 6.07) is 9.68. The maximum atomic E-state index is 11.9. The van der Waals surface area contributed by atoms with Gasteiger partial charge in [-0.25, -0.2) is 9.78 Å². The van der Waals surface area contributed by atoms with Crippen LogP contribution in [-0.4, -0.2) is 29.5 Å². The zero-order chi connectivity index (χ0) is 16.7. The third-order valence-corrected chi connectivity index (χ3v) is 4.09. The highest BCUT2D eigenvalue weighted by Gasteiger charge is 2.15. The molecule has 1 unspecified atom stereocenters. The van der Waals surface area contributed by atoms with Gasteiger partial charge in [-0.05, 0) is 13.3 Å². The van der Waals surface area contributed by atoms with Crippen LogP contribution in [0.25, 0.3) is 10.6 Å². The van der Waals surface area contributed by atoms with Gasteiger partial charge in [-0.2, -0.15) is 0 Å². The van der Waals surface area contributed by atoms with E-state index in [-0.39, 0.29) is 24.2 Å². The highest BCUT2D eigenvalue weighted by atomic mass is 32.1. The van der Waals surface area contributed by atoms with Gasteiger partial charge in [-0.3, -0.25) is 4.79 Å². The maximum absolute atomic E-state index is 11.9. The molecule has 1 aromatic heterocycles. The second kappa shape index (κ2) is 8.43. The second-order valence-corrected chi connectivity index (χ2v) is 6.10. The Morgan fingerprint density at radius 3 is 2.74 bits per heavy atom. The number of benzene rings is 1. The number of carbonyl (C=O) groups is 2. The van der Waals surface area contributed by atoms with Crippen molar-refractivity contribution in [3.8, 4) is 10.6 Å². The lowest BCUT2D eigenvalue weighted by Crippen LogP contribution is -2.35. The molecule has 0 saturated heterocycles. The summed E-state index contributed by atoms with van der Waals surface area (Å²) in [5.41, 5.74) is 1.17. The summed E-state index contributed by atoms with van der Waals surface area (Å²) in [4.78, 5) is 27.9. The van der Waals surface area contributed by atoms with Crippen molar-refractivity contribution in [2.45, 2.75) is 32.7 Å². The number of esters is 1. The van der Waals surface area contributed by atoms with Crippen molar-refractivity contribution in [2.24, 2.45) is 0 Å². The maximum Gasteiger partial charge on any atom is 0.358 e. The van der Waals surface area contributed by atoms with Gasteiger partial charge >= 0.3 is 5.97 Å². The predicted molar refractivity (Wildman–Crippen MR) is 90.3 cm³/mol. The fourth-order valence-corrected chi connectivity index (χ4v) is 2.90. The van der Waals surface area contributed by atoms with Gasteiger partial charge < -0.3 is 10.1 Å². The quantitative estimate of drug-likeness (QED) is 0.790. The van der Waals surface area contributed by atoms with Crippen LogP contribution >= 0.6 is 11.3 Å². The van der Waals surface area contributed by atoms with E-state index in [1.54, 1.807) is 5.38 Å². The van der Waals surface area contributed by atoms with Crippen LogP contribution in [0.4, 0.5) is 0 Å². The van der Waals surface area contributed by atoms with Crippen LogP contribution in [0.15, 0.2) is 35.7 Å². The Hall–Kier alpha value is -2.21. The number of hydrogen-bond acceptors (Lipinski definition) is 5. The molecule has 23 heavy (non-hydrogen) atoms. The first-order valence-electron chi connectivity index (χ1n) is 7.57. The van der Waals surface area contributed by atoms with Crippen molar-refractivity contribution >= 4 is 23.2 Å². The van der Waals surface area contributed by atoms with Crippen molar-refractivity contribution < 1.29 is 14.3 Å². The van der Waals surface area contributed by atoms with E-state index in [9.17, 15) is 9.59 Å². The zero-order valence-electron chi connectivity index (χ0n) is 13.2. The first kappa shape index (κ1) is 17.1. The van der Waals surface area contributed by atoms with E-state index in [0.29, 0.717) is 0 Å². The molecule has 122 valence electrons. The number of ether oxygens (including phenoxy) is 1. The van der Waals surface area contributed by atoms with E-state index in [1.165, 1.54) is 11.3 Å². The van der Waals surface area contributed by atoms with Gasteiger partial charge in [-0.15, -0.1) is 11.3 Å². The molecule has 0 radical (unpaired) electrons. The van der Waals surface area contributed by atoms with Crippen LogP contribution in [0.2, 0.25) is 0 Å². The van der Waals surface area contributed by atoms with Gasteiger partial charge in [0.15, 0.2) is 12.3 Å². The Morgan fingerprint density at radius 2 is 2.04 bits per heavy atom. The molecule has 6 heteroatoms. The molecule has 0 fully saturated rings. The molecule has 0 spiro atoms. The van der Waals surface area contributed by atoms with Crippen LogP contribution in [-0.2, 0) is 9.53 Å². The lowest BCUT2D eigenvalue weighted by atomic mass is 10.2. The largest absolute Gasteiger partial charge is 0.451 e. The summed E-state index contributed by atoms with van der Waals surface area (Å²) < 4.78 is 5.01. The molecule has 0 saturated carbocycles. The fraction of sp³-hybridized carbons (Fsp3) is 0.353. The Labute approximate surface area is 139 Å². The summed E-state index contributed by atoms with van der Waals surface area (Å²) in [7, 11) is 0. The third-order valence-electron chi connectivity index (χ3n) is 3.20. The summed E-state index contributed by atoms with van der Waals surface area (Å²) >= 11 is 1.37. The summed E-state index contributed by atoms with van der Waals surface area (Å²) in [6.07, 6.45) is 1.88. The highest BCUT2D eigenvalue weighted by molar-refractivity contribution is 7.13. The lowest BCUT2D eigenvalue weighted by Gasteiger charge is -2.12. The molecule has 0 aliphatic heterocycles. The van der Waals surface area contributed by atoms with Crippen molar-refractivity contribution in [2.75, 3.05) is 6.61 Å². The van der Waals surface area contributed by atoms with E-state index in [2.05, 4.69) is 17.2 Å². The number of rotatable bonds is 7. The number of hydrogen-bond donors (Lipinski definition) is 1. The Kier molecular flexibility index (Phi) is 6.29. The van der Waals surface area contributed by atoms with E-state index in [1.807, 2.05) is 37.3 Å². The minimum Gasteiger partial charge on any atom is -0.451 e. The molecule has 5 nitrogen and oxygen atoms in total. The third kappa shape index (κ3) is 5.17. The van der Waals surface area contributed by atoms with Crippen molar-refractivity contribution in [1.29, 1.82) is 0 Å². The van der Waals surface area contributed by atoms with Gasteiger partial charge in [-0.1, -0.05) is 43.7 Å². The van der Waals surface area contributed by atoms with Crippen molar-refractivity contribution in [3.05, 3.63) is 41.4 Å². The molecule has 0 bridgehead atoms. The van der Waals surface area contributed by atoms with Gasteiger partial charge in [0.25, 0.3) is 5.91 Å². The average Bonchev–Trinajstić information content (AvgIpc) is 3.03. The van der Waals surface area contributed by atoms with Gasteiger partial charge in [0.2, 0.25) is 0 Å². The average molecular weight is 332 g/mol. The molecular formula is C17H20N2O3S. The second-order valence-electron chi connectivity index (χ2n) is 5.24. The van der Waals surface area contributed by atoms with E-state index in [4.69, 9.17) is 4.74 Å². The Balaban J connectivity index is 1.87. The smallest absolute Gasteiger partial charge is 0.358 e. The molecule has 1 amide bonds. The summed E-state index contributed by atoms with van der Waals surface area (Å²) in [5.74, 6) is -0.875. The zero-order valence-corrected chi connectivity index (χ0v) is 14.1. The topological polar surface area (TPSA) is 68.3 Å². The molecule has 1 atom stereocenters. The number of nitrogens with zero attached hydrogens (tertiary/aromatic N) is 1. The van der Waals surface area contributed by atoms with Crippen molar-refractivity contribution in [3.63, 3.8) is 0 Å². The van der Waals surface area contributed by atoms with Crippen LogP contribution in [0.3, 0.4) is 0 Å². The van der Waals surface area contributed by atoms with Crippen LogP contribution < -0.4 is 5.32 Å². The summed E-state index contributed by atoms with van der Waals surface area (Å²) in [5, 5.41) is 5.17. The van der Waals surface area contributed by atoms with Crippen LogP contribution in [0.5, 0.6) is 0 Å². The predicted octanol–water partition coefficient (Wildman–Crippen LogP) is 3.27. The lowest BCUT2D eigenvalue weighted by molar-refractivity contribution is -0.124. The Morgan fingerprint density at radius 1 is 1.30 bits per heavy atom.